The Labute approximate surface area is 127 Å². The highest BCUT2D eigenvalue weighted by Crippen LogP contribution is 2.48. The Hall–Kier alpha value is -1.22. The van der Waals surface area contributed by atoms with Crippen LogP contribution >= 0.6 is 0 Å². The Kier molecular flexibility index (Phi) is 4.39. The lowest BCUT2D eigenvalue weighted by atomic mass is 9.89. The van der Waals surface area contributed by atoms with Crippen LogP contribution in [0, 0.1) is 17.8 Å². The van der Waals surface area contributed by atoms with Gasteiger partial charge in [-0.2, -0.15) is 0 Å². The van der Waals surface area contributed by atoms with Crippen molar-refractivity contribution in [2.75, 3.05) is 13.7 Å². The normalized spacial score (nSPS) is 28.6. The monoisotopic (exact) mass is 289 g/mol. The van der Waals surface area contributed by atoms with E-state index in [9.17, 15) is 0 Å². The van der Waals surface area contributed by atoms with Crippen LogP contribution in [0.15, 0.2) is 18.2 Å². The van der Waals surface area contributed by atoms with Gasteiger partial charge in [-0.05, 0) is 62.0 Å². The topological polar surface area (TPSA) is 44.5 Å². The Balaban J connectivity index is 1.70. The molecular formula is C18H27NO2. The van der Waals surface area contributed by atoms with E-state index in [0.29, 0.717) is 0 Å². The molecular weight excluding hydrogens is 262 g/mol. The molecule has 1 aromatic carbocycles. The van der Waals surface area contributed by atoms with Gasteiger partial charge in [0, 0.05) is 6.04 Å². The molecule has 2 aliphatic rings. The number of hydrogen-bond acceptors (Lipinski definition) is 3. The van der Waals surface area contributed by atoms with Crippen molar-refractivity contribution in [3.63, 3.8) is 0 Å². The highest BCUT2D eigenvalue weighted by Gasteiger charge is 2.39. The molecule has 4 unspecified atom stereocenters. The third-order valence-corrected chi connectivity index (χ3v) is 5.15. The van der Waals surface area contributed by atoms with E-state index in [1.807, 2.05) is 19.1 Å². The molecule has 21 heavy (non-hydrogen) atoms. The second-order valence-corrected chi connectivity index (χ2v) is 6.88. The molecule has 3 rings (SSSR count). The number of benzene rings is 1. The van der Waals surface area contributed by atoms with Gasteiger partial charge in [0.15, 0.2) is 11.5 Å². The molecule has 2 bridgehead atoms. The van der Waals surface area contributed by atoms with E-state index in [1.54, 1.807) is 7.11 Å². The molecule has 116 valence electrons. The van der Waals surface area contributed by atoms with Crippen LogP contribution in [0.5, 0.6) is 11.5 Å². The van der Waals surface area contributed by atoms with Gasteiger partial charge in [-0.15, -0.1) is 0 Å². The summed E-state index contributed by atoms with van der Waals surface area (Å²) < 4.78 is 11.7. The number of fused-ring (bicyclic) bond motifs is 2. The molecule has 3 heteroatoms. The molecule has 1 aromatic rings. The minimum atomic E-state index is 0.127. The van der Waals surface area contributed by atoms with Crippen molar-refractivity contribution in [2.24, 2.45) is 23.5 Å². The summed E-state index contributed by atoms with van der Waals surface area (Å²) in [6.07, 6.45) is 6.43. The first kappa shape index (κ1) is 14.7. The van der Waals surface area contributed by atoms with Crippen LogP contribution < -0.4 is 15.2 Å². The Morgan fingerprint density at radius 3 is 2.76 bits per heavy atom. The summed E-state index contributed by atoms with van der Waals surface area (Å²) >= 11 is 0. The van der Waals surface area contributed by atoms with Crippen molar-refractivity contribution in [3.8, 4) is 11.5 Å². The van der Waals surface area contributed by atoms with Gasteiger partial charge in [-0.3, -0.25) is 0 Å². The zero-order chi connectivity index (χ0) is 14.8. The smallest absolute Gasteiger partial charge is 0.164 e. The number of hydrogen-bond donors (Lipinski definition) is 1. The third kappa shape index (κ3) is 3.18. The summed E-state index contributed by atoms with van der Waals surface area (Å²) in [5, 5.41) is 0. The standard InChI is InChI=1S/C18H27NO2/c1-12(19)8-15-4-3-5-17(20-2)18(15)21-11-16-10-13-6-7-14(16)9-13/h3-5,12-14,16H,6-11,19H2,1-2H3. The molecule has 2 fully saturated rings. The van der Waals surface area contributed by atoms with Gasteiger partial charge in [0.25, 0.3) is 0 Å². The fraction of sp³-hybridized carbons (Fsp3) is 0.667. The van der Waals surface area contributed by atoms with Gasteiger partial charge >= 0.3 is 0 Å². The SMILES string of the molecule is COc1cccc(CC(C)N)c1OCC1CC2CCC1C2. The maximum Gasteiger partial charge on any atom is 0.164 e. The Morgan fingerprint density at radius 2 is 2.14 bits per heavy atom. The van der Waals surface area contributed by atoms with Crippen LogP contribution in [-0.4, -0.2) is 19.8 Å². The highest BCUT2D eigenvalue weighted by atomic mass is 16.5. The summed E-state index contributed by atoms with van der Waals surface area (Å²) in [6.45, 7) is 2.85. The van der Waals surface area contributed by atoms with Gasteiger partial charge in [-0.1, -0.05) is 18.6 Å². The quantitative estimate of drug-likeness (QED) is 0.873. The molecule has 3 nitrogen and oxygen atoms in total. The lowest BCUT2D eigenvalue weighted by molar-refractivity contribution is 0.188. The average molecular weight is 289 g/mol. The van der Waals surface area contributed by atoms with Crippen LogP contribution in [0.3, 0.4) is 0 Å². The van der Waals surface area contributed by atoms with Gasteiger partial charge in [-0.25, -0.2) is 0 Å². The van der Waals surface area contributed by atoms with E-state index in [2.05, 4.69) is 6.07 Å². The summed E-state index contributed by atoms with van der Waals surface area (Å²) in [5.41, 5.74) is 7.12. The van der Waals surface area contributed by atoms with Crippen LogP contribution in [0.25, 0.3) is 0 Å². The number of methoxy groups -OCH3 is 1. The van der Waals surface area contributed by atoms with E-state index in [4.69, 9.17) is 15.2 Å². The minimum Gasteiger partial charge on any atom is -0.493 e. The van der Waals surface area contributed by atoms with Crippen molar-refractivity contribution < 1.29 is 9.47 Å². The van der Waals surface area contributed by atoms with Crippen molar-refractivity contribution >= 4 is 0 Å². The van der Waals surface area contributed by atoms with Gasteiger partial charge < -0.3 is 15.2 Å². The average Bonchev–Trinajstić information content (AvgIpc) is 3.07. The van der Waals surface area contributed by atoms with Crippen LogP contribution in [0.4, 0.5) is 0 Å². The van der Waals surface area contributed by atoms with E-state index < -0.39 is 0 Å². The van der Waals surface area contributed by atoms with Crippen molar-refractivity contribution in [2.45, 2.75) is 45.1 Å². The molecule has 2 N–H and O–H groups in total. The largest absolute Gasteiger partial charge is 0.493 e. The molecule has 2 aliphatic carbocycles. The maximum absolute atomic E-state index is 6.22. The first-order chi connectivity index (χ1) is 10.2. The fourth-order valence-corrected chi connectivity index (χ4v) is 4.16. The third-order valence-electron chi connectivity index (χ3n) is 5.15. The molecule has 0 amide bonds. The van der Waals surface area contributed by atoms with Gasteiger partial charge in [0.1, 0.15) is 0 Å². The van der Waals surface area contributed by atoms with Gasteiger partial charge in [0.2, 0.25) is 0 Å². The fourth-order valence-electron chi connectivity index (χ4n) is 4.16. The van der Waals surface area contributed by atoms with E-state index in [1.165, 1.54) is 25.7 Å². The summed E-state index contributed by atoms with van der Waals surface area (Å²) in [4.78, 5) is 0. The predicted molar refractivity (Wildman–Crippen MR) is 84.8 cm³/mol. The molecule has 0 heterocycles. The zero-order valence-electron chi connectivity index (χ0n) is 13.2. The van der Waals surface area contributed by atoms with Crippen LogP contribution in [-0.2, 0) is 6.42 Å². The number of nitrogens with two attached hydrogens (primary N) is 1. The summed E-state index contributed by atoms with van der Waals surface area (Å²) in [7, 11) is 1.70. The zero-order valence-corrected chi connectivity index (χ0v) is 13.2. The van der Waals surface area contributed by atoms with Crippen LogP contribution in [0.1, 0.15) is 38.2 Å². The maximum atomic E-state index is 6.22. The lowest BCUT2D eigenvalue weighted by Gasteiger charge is -2.23. The van der Waals surface area contributed by atoms with E-state index in [-0.39, 0.29) is 6.04 Å². The number of para-hydroxylation sites is 1. The molecule has 4 atom stereocenters. The molecule has 0 radical (unpaired) electrons. The first-order valence-electron chi connectivity index (χ1n) is 8.21. The van der Waals surface area contributed by atoms with Gasteiger partial charge in [0.05, 0.1) is 13.7 Å². The van der Waals surface area contributed by atoms with Crippen molar-refractivity contribution in [1.82, 2.24) is 0 Å². The predicted octanol–water partition coefficient (Wildman–Crippen LogP) is 3.40. The Morgan fingerprint density at radius 1 is 1.29 bits per heavy atom. The highest BCUT2D eigenvalue weighted by molar-refractivity contribution is 5.47. The van der Waals surface area contributed by atoms with E-state index in [0.717, 1.165) is 47.8 Å². The second-order valence-electron chi connectivity index (χ2n) is 6.88. The van der Waals surface area contributed by atoms with Crippen molar-refractivity contribution in [1.29, 1.82) is 0 Å². The van der Waals surface area contributed by atoms with Crippen LogP contribution in [0.2, 0.25) is 0 Å². The minimum absolute atomic E-state index is 0.127. The van der Waals surface area contributed by atoms with Crippen molar-refractivity contribution in [3.05, 3.63) is 23.8 Å². The Bertz CT molecular complexity index is 486. The lowest BCUT2D eigenvalue weighted by Crippen LogP contribution is -2.21. The summed E-state index contributed by atoms with van der Waals surface area (Å²) in [6, 6.07) is 6.21. The molecule has 0 saturated heterocycles. The summed E-state index contributed by atoms with van der Waals surface area (Å²) in [5.74, 6) is 4.32. The molecule has 0 aromatic heterocycles. The number of rotatable bonds is 6. The molecule has 2 saturated carbocycles. The second kappa shape index (κ2) is 6.27. The molecule has 0 aliphatic heterocycles. The number of ether oxygens (including phenoxy) is 2. The first-order valence-corrected chi connectivity index (χ1v) is 8.21. The van der Waals surface area contributed by atoms with E-state index >= 15 is 0 Å². The molecule has 0 spiro atoms.